The fourth-order valence-corrected chi connectivity index (χ4v) is 1.69. The molecule has 2 aromatic rings. The molecule has 0 aliphatic heterocycles. The number of nitrogens with one attached hydrogen (secondary N) is 2. The van der Waals surface area contributed by atoms with Gasteiger partial charge in [0.15, 0.2) is 0 Å². The molecule has 0 aliphatic rings. The lowest BCUT2D eigenvalue weighted by Gasteiger charge is -2.07. The van der Waals surface area contributed by atoms with Crippen LogP contribution in [0.1, 0.15) is 16.2 Å². The van der Waals surface area contributed by atoms with Crippen molar-refractivity contribution in [2.75, 3.05) is 5.32 Å². The normalized spacial score (nSPS) is 10.2. The van der Waals surface area contributed by atoms with Crippen molar-refractivity contribution in [2.45, 2.75) is 6.92 Å². The van der Waals surface area contributed by atoms with Crippen molar-refractivity contribution in [3.05, 3.63) is 45.2 Å². The van der Waals surface area contributed by atoms with Crippen LogP contribution in [0.4, 0.5) is 11.5 Å². The molecule has 0 saturated carbocycles. The molecular formula is C11H10ClN5O2. The van der Waals surface area contributed by atoms with Crippen LogP contribution in [0.5, 0.6) is 0 Å². The van der Waals surface area contributed by atoms with E-state index < -0.39 is 11.5 Å². The van der Waals surface area contributed by atoms with Crippen LogP contribution in [-0.4, -0.2) is 20.9 Å². The summed E-state index contributed by atoms with van der Waals surface area (Å²) < 4.78 is 0. The summed E-state index contributed by atoms with van der Waals surface area (Å²) in [7, 11) is 0. The number of aryl methyl sites for hydroxylation is 1. The maximum atomic E-state index is 11.8. The first-order chi connectivity index (χ1) is 8.97. The van der Waals surface area contributed by atoms with Crippen molar-refractivity contribution in [3.63, 3.8) is 0 Å². The van der Waals surface area contributed by atoms with Gasteiger partial charge in [-0.1, -0.05) is 11.6 Å². The van der Waals surface area contributed by atoms with Crippen LogP contribution in [0.25, 0.3) is 0 Å². The van der Waals surface area contributed by atoms with Gasteiger partial charge in [0.1, 0.15) is 23.5 Å². The van der Waals surface area contributed by atoms with E-state index in [2.05, 4.69) is 20.3 Å². The third-order valence-electron chi connectivity index (χ3n) is 2.31. The average Bonchev–Trinajstić information content (AvgIpc) is 2.33. The molecule has 2 aromatic heterocycles. The summed E-state index contributed by atoms with van der Waals surface area (Å²) in [6.07, 6.45) is 1.37. The van der Waals surface area contributed by atoms with E-state index in [-0.39, 0.29) is 16.4 Å². The Morgan fingerprint density at radius 3 is 2.79 bits per heavy atom. The number of carbonyl (C=O) groups excluding carboxylic acids is 1. The minimum Gasteiger partial charge on any atom is -0.364 e. The number of hydrogen-bond donors (Lipinski definition) is 3. The number of primary amides is 1. The zero-order chi connectivity index (χ0) is 14.0. The Hall–Kier alpha value is -2.41. The molecule has 0 atom stereocenters. The average molecular weight is 280 g/mol. The largest absolute Gasteiger partial charge is 0.364 e. The second kappa shape index (κ2) is 5.07. The molecule has 2 heterocycles. The highest BCUT2D eigenvalue weighted by molar-refractivity contribution is 6.33. The molecule has 1 amide bonds. The lowest BCUT2D eigenvalue weighted by atomic mass is 10.3. The van der Waals surface area contributed by atoms with Gasteiger partial charge in [-0.15, -0.1) is 0 Å². The van der Waals surface area contributed by atoms with Gasteiger partial charge in [-0.05, 0) is 13.0 Å². The zero-order valence-electron chi connectivity index (χ0n) is 9.90. The molecule has 7 nitrogen and oxygen atoms in total. The van der Waals surface area contributed by atoms with E-state index in [1.165, 1.54) is 12.4 Å². The Morgan fingerprint density at radius 1 is 1.42 bits per heavy atom. The summed E-state index contributed by atoms with van der Waals surface area (Å²) in [6, 6.07) is 2.98. The fourth-order valence-electron chi connectivity index (χ4n) is 1.44. The van der Waals surface area contributed by atoms with E-state index in [0.717, 1.165) is 5.69 Å². The highest BCUT2D eigenvalue weighted by Crippen LogP contribution is 2.17. The topological polar surface area (TPSA) is 114 Å². The van der Waals surface area contributed by atoms with Crippen LogP contribution >= 0.6 is 11.6 Å². The number of H-pyrrole nitrogens is 1. The van der Waals surface area contributed by atoms with Gasteiger partial charge in [0.2, 0.25) is 0 Å². The maximum Gasteiger partial charge on any atom is 0.272 e. The predicted octanol–water partition coefficient (Wildman–Crippen LogP) is 0.969. The number of nitrogens with zero attached hydrogens (tertiary/aromatic N) is 2. The standard InChI is InChI=1S/C11H10ClN5O2/c1-5-2-8(15-4-14-5)16-7-3-6(12)9(10(13)18)17-11(7)19/h2-4H,1H3,(H2,13,18)(H,17,19)(H,14,15,16). The summed E-state index contributed by atoms with van der Waals surface area (Å²) in [5, 5.41) is 2.84. The zero-order valence-corrected chi connectivity index (χ0v) is 10.7. The SMILES string of the molecule is Cc1cc(Nc2cc(Cl)c(C(N)=O)[nH]c2=O)ncn1. The predicted molar refractivity (Wildman–Crippen MR) is 70.6 cm³/mol. The van der Waals surface area contributed by atoms with Gasteiger partial charge in [0.05, 0.1) is 5.02 Å². The maximum absolute atomic E-state index is 11.8. The Labute approximate surface area is 112 Å². The molecular weight excluding hydrogens is 270 g/mol. The Kier molecular flexibility index (Phi) is 3.48. The van der Waals surface area contributed by atoms with Crippen LogP contribution in [0.15, 0.2) is 23.3 Å². The van der Waals surface area contributed by atoms with Gasteiger partial charge in [0, 0.05) is 11.8 Å². The number of aromatic amines is 1. The molecule has 0 unspecified atom stereocenters. The number of hydrogen-bond acceptors (Lipinski definition) is 5. The van der Waals surface area contributed by atoms with Crippen LogP contribution < -0.4 is 16.6 Å². The van der Waals surface area contributed by atoms with E-state index in [4.69, 9.17) is 17.3 Å². The van der Waals surface area contributed by atoms with E-state index in [1.807, 2.05) is 0 Å². The lowest BCUT2D eigenvalue weighted by Crippen LogP contribution is -2.21. The summed E-state index contributed by atoms with van der Waals surface area (Å²) in [5.41, 5.74) is 5.33. The molecule has 8 heteroatoms. The summed E-state index contributed by atoms with van der Waals surface area (Å²) >= 11 is 5.85. The summed E-state index contributed by atoms with van der Waals surface area (Å²) in [5.74, 6) is -0.354. The number of nitrogens with two attached hydrogens (primary N) is 1. The molecule has 0 saturated heterocycles. The van der Waals surface area contributed by atoms with Crippen molar-refractivity contribution < 1.29 is 4.79 Å². The Morgan fingerprint density at radius 2 is 2.16 bits per heavy atom. The summed E-state index contributed by atoms with van der Waals surface area (Å²) in [6.45, 7) is 1.79. The van der Waals surface area contributed by atoms with Crippen molar-refractivity contribution in [3.8, 4) is 0 Å². The van der Waals surface area contributed by atoms with E-state index in [1.54, 1.807) is 13.0 Å². The highest BCUT2D eigenvalue weighted by Gasteiger charge is 2.11. The number of halogens is 1. The van der Waals surface area contributed by atoms with Gasteiger partial charge < -0.3 is 16.0 Å². The molecule has 0 aromatic carbocycles. The van der Waals surface area contributed by atoms with Gasteiger partial charge in [-0.2, -0.15) is 0 Å². The third-order valence-corrected chi connectivity index (χ3v) is 2.60. The van der Waals surface area contributed by atoms with Crippen LogP contribution in [0.3, 0.4) is 0 Å². The highest BCUT2D eigenvalue weighted by atomic mass is 35.5. The van der Waals surface area contributed by atoms with Crippen molar-refractivity contribution in [2.24, 2.45) is 5.73 Å². The number of anilines is 2. The van der Waals surface area contributed by atoms with Crippen LogP contribution in [-0.2, 0) is 0 Å². The van der Waals surface area contributed by atoms with Gasteiger partial charge in [-0.3, -0.25) is 9.59 Å². The van der Waals surface area contributed by atoms with Gasteiger partial charge in [0.25, 0.3) is 11.5 Å². The van der Waals surface area contributed by atoms with Crippen molar-refractivity contribution in [1.82, 2.24) is 15.0 Å². The van der Waals surface area contributed by atoms with Crippen LogP contribution in [0.2, 0.25) is 5.02 Å². The Bertz CT molecular complexity index is 698. The molecule has 19 heavy (non-hydrogen) atoms. The minimum absolute atomic E-state index is 0.0559. The first-order valence-corrected chi connectivity index (χ1v) is 5.63. The minimum atomic E-state index is -0.800. The van der Waals surface area contributed by atoms with Gasteiger partial charge >= 0.3 is 0 Å². The third kappa shape index (κ3) is 2.89. The second-order valence-electron chi connectivity index (χ2n) is 3.77. The molecule has 0 spiro atoms. The Balaban J connectivity index is 2.39. The molecule has 4 N–H and O–H groups in total. The van der Waals surface area contributed by atoms with Crippen LogP contribution in [0, 0.1) is 6.92 Å². The van der Waals surface area contributed by atoms with Crippen molar-refractivity contribution >= 4 is 29.0 Å². The molecule has 2 rings (SSSR count). The second-order valence-corrected chi connectivity index (χ2v) is 4.18. The molecule has 0 aliphatic carbocycles. The number of rotatable bonds is 3. The molecule has 98 valence electrons. The first-order valence-electron chi connectivity index (χ1n) is 5.25. The fraction of sp³-hybridized carbons (Fsp3) is 0.0909. The molecule has 0 radical (unpaired) electrons. The lowest BCUT2D eigenvalue weighted by molar-refractivity contribution is 0.0995. The molecule has 0 fully saturated rings. The van der Waals surface area contributed by atoms with Gasteiger partial charge in [-0.25, -0.2) is 9.97 Å². The molecule has 0 bridgehead atoms. The number of carbonyl (C=O) groups is 1. The number of amides is 1. The monoisotopic (exact) mass is 279 g/mol. The van der Waals surface area contributed by atoms with Crippen molar-refractivity contribution in [1.29, 1.82) is 0 Å². The number of aromatic nitrogens is 3. The van der Waals surface area contributed by atoms with E-state index in [9.17, 15) is 9.59 Å². The smallest absolute Gasteiger partial charge is 0.272 e. The quantitative estimate of drug-likeness (QED) is 0.774. The van der Waals surface area contributed by atoms with E-state index >= 15 is 0 Å². The summed E-state index contributed by atoms with van der Waals surface area (Å²) in [4.78, 5) is 33.0. The van der Waals surface area contributed by atoms with E-state index in [0.29, 0.717) is 5.82 Å². The first kappa shape index (κ1) is 13.0. The number of pyridine rings is 1.